The van der Waals surface area contributed by atoms with Gasteiger partial charge < -0.3 is 15.4 Å². The Labute approximate surface area is 156 Å². The number of hydrogen-bond acceptors (Lipinski definition) is 5. The molecule has 0 saturated carbocycles. The van der Waals surface area contributed by atoms with E-state index in [1.807, 2.05) is 30.3 Å². The first-order valence-electron chi connectivity index (χ1n) is 9.34. The maximum Gasteiger partial charge on any atom is 0.237 e. The largest absolute Gasteiger partial charge is 0.378 e. The molecule has 0 aromatic heterocycles. The standard InChI is InChI=1S/C19H30N2O4S/c20-11-5-14-25-18-9-12-21(13-10-18)19(22)16-26(23,24)15-4-8-17-6-2-1-3-7-17/h1-3,6-7,18H,4-5,8-16,20H2. The van der Waals surface area contributed by atoms with Crippen LogP contribution >= 0.6 is 0 Å². The predicted molar refractivity (Wildman–Crippen MR) is 103 cm³/mol. The molecule has 1 saturated heterocycles. The van der Waals surface area contributed by atoms with Crippen LogP contribution < -0.4 is 5.73 Å². The van der Waals surface area contributed by atoms with Crippen LogP contribution in [0.4, 0.5) is 0 Å². The number of aryl methyl sites for hydroxylation is 1. The third kappa shape index (κ3) is 7.43. The van der Waals surface area contributed by atoms with Crippen LogP contribution in [-0.4, -0.2) is 63.1 Å². The summed E-state index contributed by atoms with van der Waals surface area (Å²) in [4.78, 5) is 14.0. The fraction of sp³-hybridized carbons (Fsp3) is 0.632. The molecule has 26 heavy (non-hydrogen) atoms. The average molecular weight is 383 g/mol. The molecule has 7 heteroatoms. The molecular formula is C19H30N2O4S. The maximum atomic E-state index is 12.3. The summed E-state index contributed by atoms with van der Waals surface area (Å²) in [6, 6.07) is 9.79. The number of ether oxygens (including phenoxy) is 1. The van der Waals surface area contributed by atoms with Gasteiger partial charge >= 0.3 is 0 Å². The highest BCUT2D eigenvalue weighted by molar-refractivity contribution is 7.92. The molecule has 146 valence electrons. The molecule has 2 rings (SSSR count). The van der Waals surface area contributed by atoms with E-state index in [1.165, 1.54) is 0 Å². The number of amides is 1. The van der Waals surface area contributed by atoms with Gasteiger partial charge in [-0.15, -0.1) is 0 Å². The Kier molecular flexibility index (Phi) is 8.54. The summed E-state index contributed by atoms with van der Waals surface area (Å²) in [6.07, 6.45) is 3.74. The topological polar surface area (TPSA) is 89.7 Å². The quantitative estimate of drug-likeness (QED) is 0.618. The van der Waals surface area contributed by atoms with Gasteiger partial charge in [-0.25, -0.2) is 8.42 Å². The number of sulfone groups is 1. The van der Waals surface area contributed by atoms with E-state index in [-0.39, 0.29) is 23.5 Å². The molecule has 1 heterocycles. The first kappa shape index (κ1) is 20.9. The normalized spacial score (nSPS) is 16.0. The summed E-state index contributed by atoms with van der Waals surface area (Å²) in [5, 5.41) is 0. The Morgan fingerprint density at radius 2 is 1.85 bits per heavy atom. The Morgan fingerprint density at radius 1 is 1.15 bits per heavy atom. The van der Waals surface area contributed by atoms with Crippen molar-refractivity contribution in [2.75, 3.05) is 37.7 Å². The summed E-state index contributed by atoms with van der Waals surface area (Å²) in [5.74, 6) is -0.627. The van der Waals surface area contributed by atoms with Crippen LogP contribution in [0.3, 0.4) is 0 Å². The fourth-order valence-corrected chi connectivity index (χ4v) is 4.38. The van der Waals surface area contributed by atoms with Crippen molar-refractivity contribution in [1.82, 2.24) is 4.90 Å². The maximum absolute atomic E-state index is 12.3. The van der Waals surface area contributed by atoms with Gasteiger partial charge in [-0.05, 0) is 44.2 Å². The number of carbonyl (C=O) groups excluding carboxylic acids is 1. The lowest BCUT2D eigenvalue weighted by molar-refractivity contribution is -0.131. The van der Waals surface area contributed by atoms with Crippen molar-refractivity contribution in [3.8, 4) is 0 Å². The number of benzene rings is 1. The van der Waals surface area contributed by atoms with Gasteiger partial charge in [0.15, 0.2) is 9.84 Å². The zero-order chi connectivity index (χ0) is 18.8. The third-order valence-corrected chi connectivity index (χ3v) is 6.20. The van der Waals surface area contributed by atoms with Crippen molar-refractivity contribution in [2.45, 2.75) is 38.2 Å². The minimum atomic E-state index is -3.37. The molecule has 1 amide bonds. The van der Waals surface area contributed by atoms with E-state index < -0.39 is 9.84 Å². The van der Waals surface area contributed by atoms with Crippen LogP contribution in [0.5, 0.6) is 0 Å². The lowest BCUT2D eigenvalue weighted by atomic mass is 10.1. The number of hydrogen-bond donors (Lipinski definition) is 1. The van der Waals surface area contributed by atoms with Gasteiger partial charge in [0.05, 0.1) is 11.9 Å². The summed E-state index contributed by atoms with van der Waals surface area (Å²) < 4.78 is 30.2. The molecule has 0 bridgehead atoms. The van der Waals surface area contributed by atoms with E-state index in [0.717, 1.165) is 24.8 Å². The van der Waals surface area contributed by atoms with Crippen LogP contribution in [0.2, 0.25) is 0 Å². The Bertz CT molecular complexity index is 641. The second kappa shape index (κ2) is 10.6. The first-order valence-corrected chi connectivity index (χ1v) is 11.2. The molecule has 0 spiro atoms. The van der Waals surface area contributed by atoms with Gasteiger partial charge in [0.1, 0.15) is 5.75 Å². The summed E-state index contributed by atoms with van der Waals surface area (Å²) >= 11 is 0. The number of likely N-dealkylation sites (tertiary alicyclic amines) is 1. The zero-order valence-corrected chi connectivity index (χ0v) is 16.1. The van der Waals surface area contributed by atoms with Crippen LogP contribution in [0.15, 0.2) is 30.3 Å². The minimum absolute atomic E-state index is 0.0479. The van der Waals surface area contributed by atoms with E-state index in [9.17, 15) is 13.2 Å². The molecular weight excluding hydrogens is 352 g/mol. The van der Waals surface area contributed by atoms with Crippen molar-refractivity contribution in [3.63, 3.8) is 0 Å². The monoisotopic (exact) mass is 382 g/mol. The van der Waals surface area contributed by atoms with Crippen molar-refractivity contribution < 1.29 is 17.9 Å². The van der Waals surface area contributed by atoms with E-state index >= 15 is 0 Å². The average Bonchev–Trinajstić information content (AvgIpc) is 2.63. The summed E-state index contributed by atoms with van der Waals surface area (Å²) in [6.45, 7) is 2.38. The van der Waals surface area contributed by atoms with Gasteiger partial charge in [-0.3, -0.25) is 4.79 Å². The van der Waals surface area contributed by atoms with E-state index in [2.05, 4.69) is 0 Å². The highest BCUT2D eigenvalue weighted by Crippen LogP contribution is 2.15. The molecule has 2 N–H and O–H groups in total. The van der Waals surface area contributed by atoms with Crippen molar-refractivity contribution in [1.29, 1.82) is 0 Å². The SMILES string of the molecule is NCCCOC1CCN(C(=O)CS(=O)(=O)CCCc2ccccc2)CC1. The smallest absolute Gasteiger partial charge is 0.237 e. The number of rotatable bonds is 10. The second-order valence-electron chi connectivity index (χ2n) is 6.77. The highest BCUT2D eigenvalue weighted by Gasteiger charge is 2.26. The summed E-state index contributed by atoms with van der Waals surface area (Å²) in [5.41, 5.74) is 6.56. The highest BCUT2D eigenvalue weighted by atomic mass is 32.2. The van der Waals surface area contributed by atoms with Crippen molar-refractivity contribution >= 4 is 15.7 Å². The van der Waals surface area contributed by atoms with Crippen LogP contribution in [0, 0.1) is 0 Å². The molecule has 0 radical (unpaired) electrons. The number of nitrogens with two attached hydrogens (primary N) is 1. The molecule has 1 aliphatic rings. The van der Waals surface area contributed by atoms with E-state index in [4.69, 9.17) is 10.5 Å². The Balaban J connectivity index is 1.69. The van der Waals surface area contributed by atoms with Gasteiger partial charge in [-0.1, -0.05) is 30.3 Å². The van der Waals surface area contributed by atoms with Crippen molar-refractivity contribution in [2.24, 2.45) is 5.73 Å². The Hall–Kier alpha value is -1.44. The molecule has 1 aliphatic heterocycles. The Morgan fingerprint density at radius 3 is 2.50 bits per heavy atom. The van der Waals surface area contributed by atoms with Gasteiger partial charge in [0.2, 0.25) is 5.91 Å². The molecule has 6 nitrogen and oxygen atoms in total. The number of carbonyl (C=O) groups is 1. The molecule has 0 aliphatic carbocycles. The van der Waals surface area contributed by atoms with Gasteiger partial charge in [0, 0.05) is 19.7 Å². The van der Waals surface area contributed by atoms with E-state index in [0.29, 0.717) is 39.1 Å². The third-order valence-electron chi connectivity index (χ3n) is 4.60. The molecule has 1 aromatic rings. The lowest BCUT2D eigenvalue weighted by Crippen LogP contribution is -2.43. The van der Waals surface area contributed by atoms with Crippen LogP contribution in [0.1, 0.15) is 31.2 Å². The molecule has 1 aromatic carbocycles. The fourth-order valence-electron chi connectivity index (χ4n) is 3.10. The second-order valence-corrected chi connectivity index (χ2v) is 8.96. The van der Waals surface area contributed by atoms with Crippen LogP contribution in [-0.2, 0) is 25.8 Å². The minimum Gasteiger partial charge on any atom is -0.378 e. The molecule has 0 atom stereocenters. The van der Waals surface area contributed by atoms with Gasteiger partial charge in [-0.2, -0.15) is 0 Å². The predicted octanol–water partition coefficient (Wildman–Crippen LogP) is 1.39. The van der Waals surface area contributed by atoms with E-state index in [1.54, 1.807) is 4.90 Å². The number of nitrogens with zero attached hydrogens (tertiary/aromatic N) is 1. The van der Waals surface area contributed by atoms with Gasteiger partial charge in [0.25, 0.3) is 0 Å². The van der Waals surface area contributed by atoms with Crippen molar-refractivity contribution in [3.05, 3.63) is 35.9 Å². The molecule has 0 unspecified atom stereocenters. The molecule has 1 fully saturated rings. The summed E-state index contributed by atoms with van der Waals surface area (Å²) in [7, 11) is -3.37. The lowest BCUT2D eigenvalue weighted by Gasteiger charge is -2.32. The zero-order valence-electron chi connectivity index (χ0n) is 15.3. The number of piperidine rings is 1. The van der Waals surface area contributed by atoms with Crippen LogP contribution in [0.25, 0.3) is 0 Å². The first-order chi connectivity index (χ1) is 12.5.